The molecule has 0 amide bonds. The predicted molar refractivity (Wildman–Crippen MR) is 63.7 cm³/mol. The molecule has 2 aromatic rings. The Labute approximate surface area is 103 Å². The van der Waals surface area contributed by atoms with Crippen LogP contribution >= 0.6 is 38.6 Å². The Bertz CT molecular complexity index is 443. The van der Waals surface area contributed by atoms with Gasteiger partial charge in [0.2, 0.25) is 0 Å². The minimum atomic E-state index is 0.601. The fourth-order valence-corrected chi connectivity index (χ4v) is 2.76. The molecule has 2 heterocycles. The lowest BCUT2D eigenvalue weighted by molar-refractivity contribution is 0.318. The van der Waals surface area contributed by atoms with Crippen LogP contribution in [0, 0.1) is 6.92 Å². The summed E-state index contributed by atoms with van der Waals surface area (Å²) in [5.41, 5.74) is 2.94. The van der Waals surface area contributed by atoms with Crippen LogP contribution in [0.15, 0.2) is 9.43 Å². The number of ether oxygens (including phenoxy) is 1. The number of aryl methyl sites for hydroxylation is 1. The first-order valence-corrected chi connectivity index (χ1v) is 6.75. The van der Waals surface area contributed by atoms with E-state index in [0.717, 1.165) is 16.0 Å². The molecule has 0 N–H and O–H groups in total. The van der Waals surface area contributed by atoms with Crippen molar-refractivity contribution in [2.45, 2.75) is 13.3 Å². The largest absolute Gasteiger partial charge is 0.469 e. The maximum absolute atomic E-state index is 5.45. The van der Waals surface area contributed by atoms with Gasteiger partial charge in [-0.25, -0.2) is 4.98 Å². The van der Waals surface area contributed by atoms with Crippen LogP contribution in [0.2, 0.25) is 0 Å². The minimum absolute atomic E-state index is 0.601. The van der Waals surface area contributed by atoms with E-state index in [1.807, 2.05) is 12.4 Å². The van der Waals surface area contributed by atoms with E-state index in [0.29, 0.717) is 11.8 Å². The van der Waals surface area contributed by atoms with Gasteiger partial charge in [0.1, 0.15) is 0 Å². The average Bonchev–Trinajstić information content (AvgIpc) is 2.77. The molecule has 15 heavy (non-hydrogen) atoms. The highest BCUT2D eigenvalue weighted by molar-refractivity contribution is 9.11. The van der Waals surface area contributed by atoms with Gasteiger partial charge in [0.05, 0.1) is 17.8 Å². The molecule has 7 heteroatoms. The molecule has 0 fully saturated rings. The molecule has 2 rings (SSSR count). The van der Waals surface area contributed by atoms with E-state index in [1.165, 1.54) is 16.2 Å². The van der Waals surface area contributed by atoms with Crippen molar-refractivity contribution in [1.29, 1.82) is 0 Å². The molecular weight excluding hydrogens is 298 g/mol. The Hall–Kier alpha value is -0.530. The monoisotopic (exact) mass is 305 g/mol. The number of hydrogen-bond acceptors (Lipinski definition) is 6. The van der Waals surface area contributed by atoms with Gasteiger partial charge in [-0.05, 0) is 34.2 Å². The number of nitrogens with zero attached hydrogens (tertiary/aromatic N) is 3. The lowest BCUT2D eigenvalue weighted by Gasteiger charge is -1.99. The fourth-order valence-electron chi connectivity index (χ4n) is 1.05. The molecule has 0 aromatic carbocycles. The molecule has 4 nitrogen and oxygen atoms in total. The zero-order valence-electron chi connectivity index (χ0n) is 7.94. The Morgan fingerprint density at radius 3 is 2.93 bits per heavy atom. The molecule has 80 valence electrons. The third-order valence-electron chi connectivity index (χ3n) is 1.78. The molecular formula is C8H8BrN3OS2. The Kier molecular flexibility index (Phi) is 3.66. The van der Waals surface area contributed by atoms with Crippen molar-refractivity contribution < 1.29 is 4.74 Å². The van der Waals surface area contributed by atoms with Gasteiger partial charge in [-0.3, -0.25) is 0 Å². The van der Waals surface area contributed by atoms with Crippen LogP contribution in [-0.4, -0.2) is 21.8 Å². The summed E-state index contributed by atoms with van der Waals surface area (Å²) in [5.74, 6) is 0. The van der Waals surface area contributed by atoms with Gasteiger partial charge in [0.15, 0.2) is 3.92 Å². The lowest BCUT2D eigenvalue weighted by atomic mass is 10.3. The van der Waals surface area contributed by atoms with E-state index < -0.39 is 0 Å². The zero-order chi connectivity index (χ0) is 10.7. The second-order valence-corrected chi connectivity index (χ2v) is 5.94. The highest BCUT2D eigenvalue weighted by atomic mass is 79.9. The molecule has 0 spiro atoms. The Morgan fingerprint density at radius 1 is 1.47 bits per heavy atom. The van der Waals surface area contributed by atoms with E-state index in [4.69, 9.17) is 4.74 Å². The molecule has 0 bridgehead atoms. The topological polar surface area (TPSA) is 47.9 Å². The van der Waals surface area contributed by atoms with Crippen molar-refractivity contribution >= 4 is 38.6 Å². The van der Waals surface area contributed by atoms with Crippen molar-refractivity contribution in [3.8, 4) is 5.19 Å². The van der Waals surface area contributed by atoms with Crippen LogP contribution in [0.25, 0.3) is 0 Å². The van der Waals surface area contributed by atoms with Crippen molar-refractivity contribution in [1.82, 2.24) is 15.2 Å². The molecule has 0 saturated heterocycles. The van der Waals surface area contributed by atoms with E-state index >= 15 is 0 Å². The second kappa shape index (κ2) is 5.00. The normalized spacial score (nSPS) is 10.5. The molecule has 0 aliphatic carbocycles. The molecule has 0 radical (unpaired) electrons. The van der Waals surface area contributed by atoms with Gasteiger partial charge < -0.3 is 4.74 Å². The molecule has 0 unspecified atom stereocenters. The van der Waals surface area contributed by atoms with Gasteiger partial charge >= 0.3 is 0 Å². The summed E-state index contributed by atoms with van der Waals surface area (Å²) < 4.78 is 6.19. The Morgan fingerprint density at radius 2 is 2.33 bits per heavy atom. The number of aromatic nitrogens is 3. The quantitative estimate of drug-likeness (QED) is 0.871. The summed E-state index contributed by atoms with van der Waals surface area (Å²) in [6.07, 6.45) is 0.869. The summed E-state index contributed by atoms with van der Waals surface area (Å²) in [7, 11) is 0. The van der Waals surface area contributed by atoms with Gasteiger partial charge in [-0.2, -0.15) is 0 Å². The van der Waals surface area contributed by atoms with Crippen LogP contribution in [0.3, 0.4) is 0 Å². The number of thiazole rings is 1. The SMILES string of the molecule is Cc1ncsc1CCOc1nnc(Br)s1. The smallest absolute Gasteiger partial charge is 0.294 e. The summed E-state index contributed by atoms with van der Waals surface area (Å²) in [6.45, 7) is 2.62. The molecule has 0 aliphatic rings. The highest BCUT2D eigenvalue weighted by Gasteiger charge is 2.04. The lowest BCUT2D eigenvalue weighted by Crippen LogP contribution is -2.00. The maximum Gasteiger partial charge on any atom is 0.294 e. The van der Waals surface area contributed by atoms with Crippen LogP contribution in [0.4, 0.5) is 0 Å². The average molecular weight is 306 g/mol. The minimum Gasteiger partial charge on any atom is -0.469 e. The third-order valence-corrected chi connectivity index (χ3v) is 4.04. The molecule has 2 aromatic heterocycles. The first-order chi connectivity index (χ1) is 7.25. The molecule has 0 saturated carbocycles. The van der Waals surface area contributed by atoms with Crippen LogP contribution in [0.1, 0.15) is 10.6 Å². The summed E-state index contributed by atoms with van der Waals surface area (Å²) in [5, 5.41) is 8.25. The van der Waals surface area contributed by atoms with E-state index in [9.17, 15) is 0 Å². The summed E-state index contributed by atoms with van der Waals surface area (Å²) in [4.78, 5) is 5.44. The van der Waals surface area contributed by atoms with E-state index in [1.54, 1.807) is 11.3 Å². The molecule has 0 atom stereocenters. The van der Waals surface area contributed by atoms with E-state index in [2.05, 4.69) is 31.1 Å². The van der Waals surface area contributed by atoms with E-state index in [-0.39, 0.29) is 0 Å². The van der Waals surface area contributed by atoms with Crippen LogP contribution in [0.5, 0.6) is 5.19 Å². The zero-order valence-corrected chi connectivity index (χ0v) is 11.2. The number of rotatable bonds is 4. The first kappa shape index (κ1) is 11.0. The fraction of sp³-hybridized carbons (Fsp3) is 0.375. The van der Waals surface area contributed by atoms with Crippen molar-refractivity contribution in [3.05, 3.63) is 20.0 Å². The van der Waals surface area contributed by atoms with Crippen LogP contribution < -0.4 is 4.74 Å². The summed E-state index contributed by atoms with van der Waals surface area (Å²) >= 11 is 6.28. The van der Waals surface area contributed by atoms with Crippen LogP contribution in [-0.2, 0) is 6.42 Å². The van der Waals surface area contributed by atoms with Gasteiger partial charge in [-0.1, -0.05) is 5.10 Å². The third kappa shape index (κ3) is 2.96. The van der Waals surface area contributed by atoms with Crippen molar-refractivity contribution in [2.24, 2.45) is 0 Å². The maximum atomic E-state index is 5.45. The van der Waals surface area contributed by atoms with Gasteiger partial charge in [0.25, 0.3) is 5.19 Å². The van der Waals surface area contributed by atoms with Crippen molar-refractivity contribution in [2.75, 3.05) is 6.61 Å². The standard InChI is InChI=1S/C8H8BrN3OS2/c1-5-6(14-4-10-5)2-3-13-8-12-11-7(9)15-8/h4H,2-3H2,1H3. The van der Waals surface area contributed by atoms with Crippen molar-refractivity contribution in [3.63, 3.8) is 0 Å². The molecule has 0 aliphatic heterocycles. The first-order valence-electron chi connectivity index (χ1n) is 4.26. The van der Waals surface area contributed by atoms with Gasteiger partial charge in [-0.15, -0.1) is 16.4 Å². The highest BCUT2D eigenvalue weighted by Crippen LogP contribution is 2.22. The Balaban J connectivity index is 1.83. The number of halogens is 1. The predicted octanol–water partition coefficient (Wildman–Crippen LogP) is 2.69. The summed E-state index contributed by atoms with van der Waals surface area (Å²) in [6, 6.07) is 0. The van der Waals surface area contributed by atoms with Gasteiger partial charge in [0, 0.05) is 11.3 Å². The second-order valence-electron chi connectivity index (χ2n) is 2.78. The number of hydrogen-bond donors (Lipinski definition) is 0.